The van der Waals surface area contributed by atoms with E-state index in [-0.39, 0.29) is 54.6 Å². The second-order valence-electron chi connectivity index (χ2n) is 40.8. The number of anilines is 4. The Hall–Kier alpha value is -8.41. The molecule has 10 heterocycles. The third kappa shape index (κ3) is 37.6. The van der Waals surface area contributed by atoms with Crippen molar-refractivity contribution in [1.82, 2.24) is 69.7 Å². The Bertz CT molecular complexity index is 4860. The largest absolute Gasteiger partial charge is 0.493 e. The van der Waals surface area contributed by atoms with Gasteiger partial charge in [0.2, 0.25) is 6.79 Å². The Morgan fingerprint density at radius 2 is 0.877 bits per heavy atom. The number of thiazole rings is 6. The Labute approximate surface area is 756 Å². The minimum absolute atomic E-state index is 0.0174. The first-order valence-corrected chi connectivity index (χ1v) is 46.8. The van der Waals surface area contributed by atoms with E-state index in [0.29, 0.717) is 34.9 Å². The summed E-state index contributed by atoms with van der Waals surface area (Å²) >= 11 is 9.89. The first-order valence-electron chi connectivity index (χ1n) is 41.5. The van der Waals surface area contributed by atoms with Gasteiger partial charge >= 0.3 is 0 Å². The van der Waals surface area contributed by atoms with Crippen LogP contribution in [0.3, 0.4) is 0 Å². The highest BCUT2D eigenvalue weighted by Crippen LogP contribution is 2.38. The molecule has 122 heavy (non-hydrogen) atoms. The summed E-state index contributed by atoms with van der Waals surface area (Å²) in [4.78, 5) is 30.2. The molecule has 0 unspecified atom stereocenters. The van der Waals surface area contributed by atoms with Crippen molar-refractivity contribution in [1.29, 1.82) is 0 Å². The highest BCUT2D eigenvalue weighted by molar-refractivity contribution is 7.15. The molecule has 12 aromatic rings. The van der Waals surface area contributed by atoms with Gasteiger partial charge < -0.3 is 40.6 Å². The van der Waals surface area contributed by atoms with Crippen LogP contribution in [0.4, 0.5) is 20.5 Å². The summed E-state index contributed by atoms with van der Waals surface area (Å²) in [5.41, 5.74) is 17.8. The number of hydrogen-bond donors (Lipinski definition) is 4. The fourth-order valence-corrected chi connectivity index (χ4v) is 15.4. The molecular weight excluding hydrogens is 1640 g/mol. The minimum atomic E-state index is -0.139. The zero-order valence-electron chi connectivity index (χ0n) is 81.0. The average Bonchev–Trinajstić information content (AvgIpc) is 1.64. The van der Waals surface area contributed by atoms with Crippen molar-refractivity contribution in [3.8, 4) is 33.7 Å². The highest BCUT2D eigenvalue weighted by Gasteiger charge is 2.26. The summed E-state index contributed by atoms with van der Waals surface area (Å²) in [6, 6.07) is 22.7. The number of ether oxygens (including phenoxy) is 4. The van der Waals surface area contributed by atoms with E-state index in [4.69, 9.17) is 24.7 Å². The average molecular weight is 1790 g/mol. The molecule has 1 aliphatic heterocycles. The fraction of sp³-hybridized carbons (Fsp3) is 0.564. The molecule has 1 aliphatic rings. The molecule has 3 aromatic carbocycles. The van der Waals surface area contributed by atoms with E-state index >= 15 is 0 Å². The molecule has 0 saturated carbocycles. The molecule has 22 nitrogen and oxygen atoms in total. The van der Waals surface area contributed by atoms with Crippen molar-refractivity contribution in [3.63, 3.8) is 0 Å². The normalized spacial score (nSPS) is 12.3. The lowest BCUT2D eigenvalue weighted by molar-refractivity contribution is 0.174. The molecule has 13 rings (SSSR count). The van der Waals surface area contributed by atoms with E-state index in [1.54, 1.807) is 99.1 Å². The molecule has 0 radical (unpaired) electrons. The van der Waals surface area contributed by atoms with Gasteiger partial charge in [0.15, 0.2) is 43.5 Å². The molecule has 28 heteroatoms. The first-order chi connectivity index (χ1) is 55.9. The van der Waals surface area contributed by atoms with Gasteiger partial charge in [-0.3, -0.25) is 4.68 Å². The standard InChI is InChI=1S/C12H17N3O2.C11H14N2S2.C11H20N2S.C11H14O2.C10H18N2S.C10H14.C9H16N2S.C7H12N2S.C7H12N2.C6H11N3/c1-12(2,3)15-13-8-6-10(16-4)11(17-5)7-9(8)14-15;1-7-12-8(5-14-7)10-13-9(6-15-10)11(2,3)4;1-10(2,3)8-7-14-9(12-8)13-11(4,5)6;1-11(2,3)8-4-5-9-10(6-8)13-7-12-9;1-7(2)11-9-12-8(6-13-9)10(3,4)5;1-10(2,3)9-7-5-4-6-8-9;1-5-10-8-11-7(6-12-8)9(2,3)4;1-7(2,3)5-4-10-6(8)9-5;1-7(2,3)9-6-4-5-8-9;1-6(2,3)9-7-4-5-8-9/h6-7H,1-5H3;5-6H,1-4H3;7H,1-6H3,(H,12,13);4-6H,7H2,1-3H3;6-7H,1-5H3,(H,11,12);4-8H,1-3H3;6H,5H2,1-4H3,(H,10,11);4H,1-3H3,(H2,8,9);4-6H,1-3H3;4-5H,1-3H3. The maximum absolute atomic E-state index is 5.48. The molecular formula is C94H148N18O4S6. The number of nitrogens with one attached hydrogen (secondary N) is 3. The summed E-state index contributed by atoms with van der Waals surface area (Å²) in [6.07, 6.45) is 7.14. The number of nitrogens with zero attached hydrogens (tertiary/aromatic N) is 14. The van der Waals surface area contributed by atoms with Crippen LogP contribution in [0.1, 0.15) is 294 Å². The zero-order valence-corrected chi connectivity index (χ0v) is 85.9. The van der Waals surface area contributed by atoms with E-state index in [1.165, 1.54) is 33.9 Å². The topological polar surface area (TPSA) is 256 Å². The third-order valence-electron chi connectivity index (χ3n) is 17.0. The van der Waals surface area contributed by atoms with Gasteiger partial charge in [0, 0.05) is 102 Å². The van der Waals surface area contributed by atoms with Gasteiger partial charge in [-0.2, -0.15) is 35.1 Å². The van der Waals surface area contributed by atoms with Gasteiger partial charge in [-0.1, -0.05) is 182 Å². The van der Waals surface area contributed by atoms with Gasteiger partial charge in [-0.05, 0) is 151 Å². The van der Waals surface area contributed by atoms with Crippen molar-refractivity contribution in [3.05, 3.63) is 168 Å². The van der Waals surface area contributed by atoms with E-state index in [0.717, 1.165) is 77.3 Å². The smallest absolute Gasteiger partial charge is 0.231 e. The third-order valence-corrected chi connectivity index (χ3v) is 21.7. The van der Waals surface area contributed by atoms with Crippen molar-refractivity contribution in [2.24, 2.45) is 0 Å². The fourth-order valence-electron chi connectivity index (χ4n) is 9.68. The second kappa shape index (κ2) is 45.0. The van der Waals surface area contributed by atoms with Gasteiger partial charge in [0.05, 0.1) is 76.7 Å². The Morgan fingerprint density at radius 1 is 0.434 bits per heavy atom. The van der Waals surface area contributed by atoms with Crippen molar-refractivity contribution in [2.75, 3.05) is 49.2 Å². The van der Waals surface area contributed by atoms with Crippen LogP contribution in [0, 0.1) is 6.92 Å². The molecule has 0 saturated heterocycles. The number of benzene rings is 3. The molecule has 9 aromatic heterocycles. The molecule has 0 amide bonds. The van der Waals surface area contributed by atoms with Crippen LogP contribution in [0.2, 0.25) is 0 Å². The molecule has 0 fully saturated rings. The number of aryl methyl sites for hydroxylation is 1. The molecule has 674 valence electrons. The van der Waals surface area contributed by atoms with Gasteiger partial charge in [-0.15, -0.1) is 68.0 Å². The molecule has 0 bridgehead atoms. The molecule has 0 atom stereocenters. The molecule has 5 N–H and O–H groups in total. The number of fused-ring (bicyclic) bond motifs is 2. The lowest BCUT2D eigenvalue weighted by Crippen LogP contribution is -2.26. The zero-order chi connectivity index (χ0) is 92.6. The van der Waals surface area contributed by atoms with Crippen LogP contribution in [-0.4, -0.2) is 109 Å². The van der Waals surface area contributed by atoms with E-state index in [9.17, 15) is 0 Å². The van der Waals surface area contributed by atoms with Gasteiger partial charge in [-0.25, -0.2) is 29.9 Å². The monoisotopic (exact) mass is 1790 g/mol. The van der Waals surface area contributed by atoms with Gasteiger partial charge in [0.1, 0.15) is 21.7 Å². The number of methoxy groups -OCH3 is 2. The van der Waals surface area contributed by atoms with Crippen molar-refractivity contribution >= 4 is 99.6 Å². The Balaban J connectivity index is 0.000000286. The van der Waals surface area contributed by atoms with Crippen LogP contribution in [0.15, 0.2) is 124 Å². The highest BCUT2D eigenvalue weighted by atomic mass is 32.1. The Kier molecular flexibility index (Phi) is 39.0. The summed E-state index contributed by atoms with van der Waals surface area (Å²) in [5, 5.41) is 49.3. The number of nitrogen functional groups attached to an aromatic ring is 1. The first kappa shape index (κ1) is 106. The van der Waals surface area contributed by atoms with Crippen LogP contribution >= 0.6 is 68.0 Å². The molecule has 0 spiro atoms. The van der Waals surface area contributed by atoms with Crippen LogP contribution in [0.25, 0.3) is 21.7 Å². The number of hydrogen-bond acceptors (Lipinski definition) is 25. The maximum atomic E-state index is 5.48. The quantitative estimate of drug-likeness (QED) is 0.110. The van der Waals surface area contributed by atoms with Crippen LogP contribution in [-0.2, 0) is 54.5 Å². The van der Waals surface area contributed by atoms with E-state index in [1.807, 2.05) is 47.4 Å². The SMILES string of the molecule is CC(C)(C)Nc1nc(C(C)(C)C)cs1.CC(C)(C)c1ccc2c(c1)OCO2.CC(C)(C)c1ccccc1.CC(C)(C)c1csc(N)n1.CC(C)(C)n1cccn1.CC(C)(C)n1nccn1.CC(C)Nc1nc(C(C)(C)C)cs1.CCNc1nc(C(C)(C)C)cs1.COc1cc2nn(C(C)(C)C)nc2cc1OC.Cc1nc(-c2nc(C(C)(C)C)cs2)cs1. The lowest BCUT2D eigenvalue weighted by Gasteiger charge is -2.20. The summed E-state index contributed by atoms with van der Waals surface area (Å²) in [6.45, 7) is 80.6. The number of aromatic nitrogens is 14. The second-order valence-corrected chi connectivity index (χ2v) is 46.2. The number of nitrogens with two attached hydrogens (primary N) is 1. The summed E-state index contributed by atoms with van der Waals surface area (Å²) in [7, 11) is 3.22. The minimum Gasteiger partial charge on any atom is -0.493 e. The predicted molar refractivity (Wildman–Crippen MR) is 525 cm³/mol. The summed E-state index contributed by atoms with van der Waals surface area (Å²) < 4.78 is 23.0. The maximum Gasteiger partial charge on any atom is 0.231 e. The number of rotatable bonds is 8. The van der Waals surface area contributed by atoms with E-state index < -0.39 is 0 Å². The van der Waals surface area contributed by atoms with Crippen LogP contribution < -0.4 is 40.6 Å². The van der Waals surface area contributed by atoms with E-state index in [2.05, 4.69) is 390 Å². The van der Waals surface area contributed by atoms with Gasteiger partial charge in [0.25, 0.3) is 0 Å². The van der Waals surface area contributed by atoms with Crippen molar-refractivity contribution < 1.29 is 18.9 Å². The Morgan fingerprint density at radius 3 is 1.23 bits per heavy atom. The summed E-state index contributed by atoms with van der Waals surface area (Å²) in [5.74, 6) is 3.06. The van der Waals surface area contributed by atoms with Crippen LogP contribution in [0.5, 0.6) is 23.0 Å². The lowest BCUT2D eigenvalue weighted by atomic mass is 9.87. The molecule has 0 aliphatic carbocycles. The van der Waals surface area contributed by atoms with Crippen molar-refractivity contribution in [2.45, 2.75) is 322 Å². The predicted octanol–water partition coefficient (Wildman–Crippen LogP) is 26.3.